The lowest BCUT2D eigenvalue weighted by molar-refractivity contribution is -0.114. The highest BCUT2D eigenvalue weighted by Gasteiger charge is 2.39. The van der Waals surface area contributed by atoms with E-state index >= 15 is 0 Å². The van der Waals surface area contributed by atoms with Gasteiger partial charge in [0.25, 0.3) is 0 Å². The Hall–Kier alpha value is -1.40. The highest BCUT2D eigenvalue weighted by molar-refractivity contribution is 5.88. The van der Waals surface area contributed by atoms with E-state index in [1.165, 1.54) is 26.2 Å². The molecule has 2 aliphatic rings. The molecule has 1 saturated carbocycles. The second-order valence-electron chi connectivity index (χ2n) is 6.17. The topological polar surface area (TPSA) is 59.4 Å². The predicted molar refractivity (Wildman–Crippen MR) is 80.2 cm³/mol. The Morgan fingerprint density at radius 3 is 2.90 bits per heavy atom. The lowest BCUT2D eigenvalue weighted by Crippen LogP contribution is -2.45. The minimum Gasteiger partial charge on any atom is -0.383 e. The van der Waals surface area contributed by atoms with Gasteiger partial charge in [0.15, 0.2) is 0 Å². The van der Waals surface area contributed by atoms with Crippen LogP contribution >= 0.6 is 0 Å². The zero-order valence-electron chi connectivity index (χ0n) is 12.8. The molecular weight excluding hydrogens is 268 g/mol. The Labute approximate surface area is 125 Å². The fourth-order valence-electron chi connectivity index (χ4n) is 3.44. The van der Waals surface area contributed by atoms with Crippen molar-refractivity contribution in [3.63, 3.8) is 0 Å². The van der Waals surface area contributed by atoms with E-state index in [1.807, 2.05) is 10.9 Å². The second-order valence-corrected chi connectivity index (χ2v) is 6.17. The summed E-state index contributed by atoms with van der Waals surface area (Å²) < 4.78 is 7.38. The van der Waals surface area contributed by atoms with E-state index in [9.17, 15) is 4.79 Å². The number of ether oxygens (including phenoxy) is 1. The van der Waals surface area contributed by atoms with Gasteiger partial charge in [0, 0.05) is 38.9 Å². The lowest BCUT2D eigenvalue weighted by atomic mass is 9.91. The van der Waals surface area contributed by atoms with E-state index in [4.69, 9.17) is 4.74 Å². The molecule has 116 valence electrons. The van der Waals surface area contributed by atoms with Crippen LogP contribution in [0.2, 0.25) is 0 Å². The van der Waals surface area contributed by atoms with Gasteiger partial charge >= 0.3 is 0 Å². The molecule has 0 spiro atoms. The first-order valence-corrected chi connectivity index (χ1v) is 7.74. The van der Waals surface area contributed by atoms with Crippen molar-refractivity contribution in [3.8, 4) is 0 Å². The van der Waals surface area contributed by atoms with Crippen molar-refractivity contribution in [2.45, 2.75) is 50.7 Å². The molecule has 1 aliphatic heterocycles. The molecular formula is C15H24N4O2. The van der Waals surface area contributed by atoms with Gasteiger partial charge in [-0.05, 0) is 19.3 Å². The molecule has 6 nitrogen and oxygen atoms in total. The molecule has 0 unspecified atom stereocenters. The van der Waals surface area contributed by atoms with Gasteiger partial charge in [0.2, 0.25) is 5.91 Å². The predicted octanol–water partition coefficient (Wildman–Crippen LogP) is 1.66. The van der Waals surface area contributed by atoms with Crippen LogP contribution in [0, 0.1) is 0 Å². The molecule has 1 aliphatic carbocycles. The van der Waals surface area contributed by atoms with Gasteiger partial charge in [-0.25, -0.2) is 0 Å². The summed E-state index contributed by atoms with van der Waals surface area (Å²) in [6, 6.07) is 1.58. The number of amides is 1. The van der Waals surface area contributed by atoms with Crippen molar-refractivity contribution in [2.24, 2.45) is 0 Å². The summed E-state index contributed by atoms with van der Waals surface area (Å²) >= 11 is 0. The lowest BCUT2D eigenvalue weighted by Gasteiger charge is -2.38. The summed E-state index contributed by atoms with van der Waals surface area (Å²) in [4.78, 5) is 13.7. The smallest absolute Gasteiger partial charge is 0.221 e. The summed E-state index contributed by atoms with van der Waals surface area (Å²) in [5.74, 6) is -0.0608. The number of nitrogens with zero attached hydrogens (tertiary/aromatic N) is 3. The third-order valence-corrected chi connectivity index (χ3v) is 4.63. The third-order valence-electron chi connectivity index (χ3n) is 4.63. The quantitative estimate of drug-likeness (QED) is 0.896. The standard InChI is InChI=1S/C15H24N4O2/c1-11(20)17-12-7-16-19(8-12)14-6-15(10-21-2)18(9-14)13-4-3-5-13/h7-8,13-15H,3-6,9-10H2,1-2H3,(H,17,20)/t14-,15-/m0/s1. The summed E-state index contributed by atoms with van der Waals surface area (Å²) in [5, 5.41) is 7.20. The Morgan fingerprint density at radius 2 is 2.29 bits per heavy atom. The maximum absolute atomic E-state index is 11.1. The van der Waals surface area contributed by atoms with Crippen LogP contribution in [0.4, 0.5) is 5.69 Å². The minimum atomic E-state index is -0.0608. The van der Waals surface area contributed by atoms with E-state index in [0.717, 1.165) is 31.3 Å². The van der Waals surface area contributed by atoms with Crippen LogP contribution in [0.3, 0.4) is 0 Å². The summed E-state index contributed by atoms with van der Waals surface area (Å²) in [6.45, 7) is 3.33. The monoisotopic (exact) mass is 292 g/mol. The number of aromatic nitrogens is 2. The van der Waals surface area contributed by atoms with Crippen molar-refractivity contribution in [1.29, 1.82) is 0 Å². The molecule has 0 aromatic carbocycles. The molecule has 0 radical (unpaired) electrons. The molecule has 0 bridgehead atoms. The average molecular weight is 292 g/mol. The van der Waals surface area contributed by atoms with Crippen molar-refractivity contribution in [2.75, 3.05) is 25.6 Å². The van der Waals surface area contributed by atoms with Crippen LogP contribution in [0.15, 0.2) is 12.4 Å². The molecule has 1 amide bonds. The normalized spacial score (nSPS) is 26.8. The molecule has 2 heterocycles. The third kappa shape index (κ3) is 3.11. The number of anilines is 1. The minimum absolute atomic E-state index is 0.0608. The van der Waals surface area contributed by atoms with Crippen LogP contribution in [0.25, 0.3) is 0 Å². The van der Waals surface area contributed by atoms with Gasteiger partial charge in [0.05, 0.1) is 24.5 Å². The number of nitrogens with one attached hydrogen (secondary N) is 1. The maximum atomic E-state index is 11.1. The van der Waals surface area contributed by atoms with Crippen LogP contribution in [0.1, 0.15) is 38.6 Å². The van der Waals surface area contributed by atoms with Gasteiger partial charge in [-0.2, -0.15) is 5.10 Å². The number of hydrogen-bond acceptors (Lipinski definition) is 4. The van der Waals surface area contributed by atoms with Crippen LogP contribution < -0.4 is 5.32 Å². The van der Waals surface area contributed by atoms with Crippen molar-refractivity contribution in [1.82, 2.24) is 14.7 Å². The number of methoxy groups -OCH3 is 1. The van der Waals surface area contributed by atoms with Crippen molar-refractivity contribution in [3.05, 3.63) is 12.4 Å². The summed E-state index contributed by atoms with van der Waals surface area (Å²) in [5.41, 5.74) is 0.771. The zero-order valence-corrected chi connectivity index (χ0v) is 12.8. The highest BCUT2D eigenvalue weighted by atomic mass is 16.5. The Balaban J connectivity index is 1.68. The fraction of sp³-hybridized carbons (Fsp3) is 0.733. The SMILES string of the molecule is COC[C@@H]1C[C@H](n2cc(NC(C)=O)cn2)CN1C1CCC1. The van der Waals surface area contributed by atoms with Crippen molar-refractivity contribution >= 4 is 11.6 Å². The first-order chi connectivity index (χ1) is 10.2. The van der Waals surface area contributed by atoms with Crippen molar-refractivity contribution < 1.29 is 9.53 Å². The second kappa shape index (κ2) is 6.15. The van der Waals surface area contributed by atoms with Crippen LogP contribution in [0.5, 0.6) is 0 Å². The molecule has 1 aromatic rings. The maximum Gasteiger partial charge on any atom is 0.221 e. The van der Waals surface area contributed by atoms with Gasteiger partial charge in [0.1, 0.15) is 0 Å². The molecule has 6 heteroatoms. The van der Waals surface area contributed by atoms with Gasteiger partial charge in [-0.1, -0.05) is 6.42 Å². The van der Waals surface area contributed by atoms with E-state index in [2.05, 4.69) is 15.3 Å². The fourth-order valence-corrected chi connectivity index (χ4v) is 3.44. The number of carbonyl (C=O) groups is 1. The summed E-state index contributed by atoms with van der Waals surface area (Å²) in [7, 11) is 1.77. The van der Waals surface area contributed by atoms with Gasteiger partial charge in [-0.3, -0.25) is 14.4 Å². The van der Waals surface area contributed by atoms with Gasteiger partial charge < -0.3 is 10.1 Å². The Bertz CT molecular complexity index is 498. The molecule has 2 fully saturated rings. The first kappa shape index (κ1) is 14.5. The average Bonchev–Trinajstić information content (AvgIpc) is 2.95. The molecule has 3 rings (SSSR count). The first-order valence-electron chi connectivity index (χ1n) is 7.74. The zero-order chi connectivity index (χ0) is 14.8. The Kier molecular flexibility index (Phi) is 4.26. The van der Waals surface area contributed by atoms with E-state index < -0.39 is 0 Å². The molecule has 1 N–H and O–H groups in total. The molecule has 1 aromatic heterocycles. The number of likely N-dealkylation sites (tertiary alicyclic amines) is 1. The summed E-state index contributed by atoms with van der Waals surface area (Å²) in [6.07, 6.45) is 8.68. The number of rotatable bonds is 5. The van der Waals surface area contributed by atoms with Crippen LogP contribution in [-0.2, 0) is 9.53 Å². The highest BCUT2D eigenvalue weighted by Crippen LogP contribution is 2.35. The number of carbonyl (C=O) groups excluding carboxylic acids is 1. The van der Waals surface area contributed by atoms with E-state index in [0.29, 0.717) is 12.1 Å². The van der Waals surface area contributed by atoms with Gasteiger partial charge in [-0.15, -0.1) is 0 Å². The Morgan fingerprint density at radius 1 is 1.48 bits per heavy atom. The number of hydrogen-bond donors (Lipinski definition) is 1. The molecule has 21 heavy (non-hydrogen) atoms. The molecule has 2 atom stereocenters. The molecule has 1 saturated heterocycles. The van der Waals surface area contributed by atoms with E-state index in [1.54, 1.807) is 13.3 Å². The van der Waals surface area contributed by atoms with Crippen LogP contribution in [-0.4, -0.2) is 52.9 Å². The largest absolute Gasteiger partial charge is 0.383 e. The van der Waals surface area contributed by atoms with E-state index in [-0.39, 0.29) is 5.91 Å².